The second kappa shape index (κ2) is 26.5. The molecule has 28 rings (SSSR count). The van der Waals surface area contributed by atoms with Gasteiger partial charge in [0.05, 0.1) is 82.8 Å². The van der Waals surface area contributed by atoms with Crippen LogP contribution in [0.1, 0.15) is 0 Å². The Morgan fingerprint density at radius 3 is 0.869 bits per heavy atom. The van der Waals surface area contributed by atoms with Gasteiger partial charge in [0.15, 0.2) is 0 Å². The van der Waals surface area contributed by atoms with Crippen molar-refractivity contribution in [1.29, 1.82) is 0 Å². The van der Waals surface area contributed by atoms with E-state index < -0.39 is 0 Å². The molecule has 0 amide bonds. The minimum atomic E-state index is 0.963. The number of rotatable bonds is 8. The average molecular weight is 1550 g/mol. The second-order valence-corrected chi connectivity index (χ2v) is 32.1. The molecule has 9 heteroatoms. The van der Waals surface area contributed by atoms with Crippen LogP contribution in [0.2, 0.25) is 0 Å². The van der Waals surface area contributed by atoms with Gasteiger partial charge in [0.25, 0.3) is 0 Å². The third-order valence-electron chi connectivity index (χ3n) is 25.5. The summed E-state index contributed by atoms with van der Waals surface area (Å²) in [5.41, 5.74) is 28.8. The Bertz CT molecular complexity index is 9050. The van der Waals surface area contributed by atoms with Gasteiger partial charge in [-0.1, -0.05) is 309 Å². The molecule has 0 unspecified atom stereocenters. The number of benzene rings is 19. The third-order valence-corrected chi connectivity index (χ3v) is 25.5. The van der Waals surface area contributed by atoms with Crippen LogP contribution < -0.4 is 0 Å². The molecule has 122 heavy (non-hydrogen) atoms. The van der Waals surface area contributed by atoms with Crippen LogP contribution in [0.5, 0.6) is 0 Å². The Hall–Kier alpha value is -16.5. The van der Waals surface area contributed by atoms with Crippen LogP contribution in [-0.2, 0) is 0 Å². The third kappa shape index (κ3) is 9.90. The summed E-state index contributed by atoms with van der Waals surface area (Å²) in [4.78, 5) is 15.8. The molecule has 28 aromatic rings. The molecule has 0 saturated heterocycles. The Balaban J connectivity index is 0.0000000987. The largest absolute Gasteiger partial charge is 0.309 e. The fraction of sp³-hybridized carbons (Fsp3) is 0. The van der Waals surface area contributed by atoms with E-state index in [9.17, 15) is 0 Å². The summed E-state index contributed by atoms with van der Waals surface area (Å²) in [6, 6.07) is 150. The standard InChI is InChI=1S/C41H25N3.C37H23N3.C35H21N3/c1-3-12-26(13-4-1)28-17-11-18-30(24-28)43-35-23-22-33-40-39(35)38-36(43)25-29-16-7-8-19-31(29)37(38)32-20-9-10-21-34(32)44(40)41(42-33)27-14-5-2-6-15-27;1-3-11-24(12-4-1)26-15-9-16-27(23-26)39-32-20-10-18-29-28-17-7-8-19-31(28)40-36-30(21-22-33(39)35(36)34(29)32)38-37(40)25-13-5-2-6-14-25;1-3-11-22(12-4-1)35-36-27-19-20-29-33-32-30(37(29)24-14-5-2-6-15-24)21-23-13-7-8-16-25(23)31(32)26-17-9-10-18-28(26)38(35)34(27)33/h1-25H;1-23H;1-21H. The second-order valence-electron chi connectivity index (χ2n) is 32.1. The van der Waals surface area contributed by atoms with Gasteiger partial charge in [-0.15, -0.1) is 0 Å². The van der Waals surface area contributed by atoms with Gasteiger partial charge < -0.3 is 13.7 Å². The van der Waals surface area contributed by atoms with Crippen molar-refractivity contribution in [2.75, 3.05) is 0 Å². The van der Waals surface area contributed by atoms with Crippen LogP contribution in [0, 0.1) is 0 Å². The van der Waals surface area contributed by atoms with Crippen LogP contribution >= 0.6 is 0 Å². The Morgan fingerprint density at radius 2 is 0.443 bits per heavy atom. The number of para-hydroxylation sites is 4. The molecule has 9 aromatic heterocycles. The van der Waals surface area contributed by atoms with Crippen LogP contribution in [0.4, 0.5) is 0 Å². The number of hydrogen-bond acceptors (Lipinski definition) is 3. The number of fused-ring (bicyclic) bond motifs is 13. The maximum atomic E-state index is 5.29. The van der Waals surface area contributed by atoms with Gasteiger partial charge in [-0.05, 0) is 158 Å². The first-order valence-electron chi connectivity index (χ1n) is 41.7. The summed E-state index contributed by atoms with van der Waals surface area (Å²) >= 11 is 0. The topological polar surface area (TPSA) is 66.7 Å². The molecule has 0 radical (unpaired) electrons. The molecule has 0 aliphatic rings. The van der Waals surface area contributed by atoms with Gasteiger partial charge in [0, 0.05) is 93.0 Å². The monoisotopic (exact) mass is 1550 g/mol. The molecule has 0 spiro atoms. The summed E-state index contributed by atoms with van der Waals surface area (Å²) in [5.74, 6) is 2.90. The first-order chi connectivity index (χ1) is 60.6. The first-order valence-corrected chi connectivity index (χ1v) is 41.7. The van der Waals surface area contributed by atoms with Crippen molar-refractivity contribution in [2.45, 2.75) is 0 Å². The maximum Gasteiger partial charge on any atom is 0.145 e. The molecule has 9 nitrogen and oxygen atoms in total. The van der Waals surface area contributed by atoms with Gasteiger partial charge in [-0.25, -0.2) is 15.0 Å². The molecule has 0 bridgehead atoms. The zero-order valence-corrected chi connectivity index (χ0v) is 65.9. The first kappa shape index (κ1) is 67.7. The Labute approximate surface area is 698 Å². The lowest BCUT2D eigenvalue weighted by molar-refractivity contribution is 1.18. The molecular formula is C113H69N9. The van der Waals surface area contributed by atoms with E-state index in [4.69, 9.17) is 15.0 Å². The molecule has 0 N–H and O–H groups in total. The molecule has 19 aromatic carbocycles. The number of aromatic nitrogens is 9. The molecule has 0 fully saturated rings. The van der Waals surface area contributed by atoms with E-state index in [1.165, 1.54) is 153 Å². The highest BCUT2D eigenvalue weighted by Gasteiger charge is 2.30. The van der Waals surface area contributed by atoms with E-state index >= 15 is 0 Å². The van der Waals surface area contributed by atoms with E-state index in [2.05, 4.69) is 445 Å². The van der Waals surface area contributed by atoms with Gasteiger partial charge in [0.1, 0.15) is 17.5 Å². The average Bonchev–Trinajstić information content (AvgIpc) is 1.54. The number of nitrogens with zero attached hydrogens (tertiary/aromatic N) is 9. The van der Waals surface area contributed by atoms with Crippen LogP contribution in [0.3, 0.4) is 0 Å². The van der Waals surface area contributed by atoms with E-state index in [1.807, 2.05) is 0 Å². The van der Waals surface area contributed by atoms with Crippen molar-refractivity contribution in [3.63, 3.8) is 0 Å². The number of imidazole rings is 3. The van der Waals surface area contributed by atoms with E-state index in [-0.39, 0.29) is 0 Å². The van der Waals surface area contributed by atoms with E-state index in [1.54, 1.807) is 0 Å². The predicted molar refractivity (Wildman–Crippen MR) is 509 cm³/mol. The van der Waals surface area contributed by atoms with Crippen molar-refractivity contribution >= 4 is 169 Å². The Kier molecular flexibility index (Phi) is 14.7. The van der Waals surface area contributed by atoms with Crippen LogP contribution in [-0.4, -0.2) is 41.9 Å². The van der Waals surface area contributed by atoms with Crippen molar-refractivity contribution in [3.05, 3.63) is 419 Å². The lowest BCUT2D eigenvalue weighted by Gasteiger charge is -2.12. The van der Waals surface area contributed by atoms with Gasteiger partial charge in [0.2, 0.25) is 0 Å². The zero-order chi connectivity index (χ0) is 79.8. The normalized spacial score (nSPS) is 12.1. The van der Waals surface area contributed by atoms with Gasteiger partial charge in [-0.3, -0.25) is 13.2 Å². The highest BCUT2D eigenvalue weighted by Crippen LogP contribution is 2.51. The lowest BCUT2D eigenvalue weighted by atomic mass is 9.98. The fourth-order valence-corrected chi connectivity index (χ4v) is 20.5. The molecule has 0 aliphatic carbocycles. The molecule has 0 aliphatic heterocycles. The van der Waals surface area contributed by atoms with E-state index in [0.717, 1.165) is 89.8 Å². The highest BCUT2D eigenvalue weighted by atomic mass is 15.1. The maximum absolute atomic E-state index is 5.29. The minimum Gasteiger partial charge on any atom is -0.309 e. The SMILES string of the molecule is c1ccc(-c2cccc(-n3c4cc5ccccc5c5c6ccccc6n6c(-c7ccccc7)nc7ccc3c(c54)c76)c2)cc1.c1ccc(-c2cccc(-n3c4cccc5c6ccccc6n6c(-c7ccccc7)nc7ccc3c(c54)c76)c2)cc1.c1ccc(-c2nc3ccc4c5c6c(c7ccccc7cc6n4-c4ccccc4)c4ccccc4n2c35)cc1. The fourth-order valence-electron chi connectivity index (χ4n) is 20.5. The quantitative estimate of drug-likeness (QED) is 0.152. The van der Waals surface area contributed by atoms with Crippen LogP contribution in [0.15, 0.2) is 419 Å². The van der Waals surface area contributed by atoms with Crippen molar-refractivity contribution in [1.82, 2.24) is 41.9 Å². The van der Waals surface area contributed by atoms with Gasteiger partial charge in [-0.2, -0.15) is 0 Å². The van der Waals surface area contributed by atoms with Gasteiger partial charge >= 0.3 is 0 Å². The number of hydrogen-bond donors (Lipinski definition) is 0. The molecular weight excluding hydrogens is 1480 g/mol. The minimum absolute atomic E-state index is 0.963. The smallest absolute Gasteiger partial charge is 0.145 e. The van der Waals surface area contributed by atoms with Crippen molar-refractivity contribution < 1.29 is 0 Å². The summed E-state index contributed by atoms with van der Waals surface area (Å²) < 4.78 is 14.5. The summed E-state index contributed by atoms with van der Waals surface area (Å²) in [5, 5.41) is 20.1. The molecule has 566 valence electrons. The predicted octanol–water partition coefficient (Wildman–Crippen LogP) is 29.2. The van der Waals surface area contributed by atoms with E-state index in [0.29, 0.717) is 0 Å². The molecule has 9 heterocycles. The van der Waals surface area contributed by atoms with Crippen molar-refractivity contribution in [2.24, 2.45) is 0 Å². The highest BCUT2D eigenvalue weighted by molar-refractivity contribution is 6.38. The summed E-state index contributed by atoms with van der Waals surface area (Å²) in [7, 11) is 0. The van der Waals surface area contributed by atoms with Crippen LogP contribution in [0.25, 0.3) is 242 Å². The summed E-state index contributed by atoms with van der Waals surface area (Å²) in [6.45, 7) is 0. The molecule has 0 atom stereocenters. The Morgan fingerprint density at radius 1 is 0.156 bits per heavy atom. The lowest BCUT2D eigenvalue weighted by Crippen LogP contribution is -1.95. The summed E-state index contributed by atoms with van der Waals surface area (Å²) in [6.07, 6.45) is 0. The van der Waals surface area contributed by atoms with Crippen molar-refractivity contribution in [3.8, 4) is 73.5 Å². The zero-order valence-electron chi connectivity index (χ0n) is 65.9. The molecule has 0 saturated carbocycles.